The number of Topliss-reactive ketones (excluding diaryl/α,β-unsaturated/α-hetero) is 1. The Hall–Kier alpha value is -2.37. The van der Waals surface area contributed by atoms with Crippen LogP contribution in [0.5, 0.6) is 0 Å². The minimum atomic E-state index is -0.511. The predicted octanol–water partition coefficient (Wildman–Crippen LogP) is 2.42. The van der Waals surface area contributed by atoms with Crippen LogP contribution in [-0.4, -0.2) is 47.7 Å². The van der Waals surface area contributed by atoms with Crippen molar-refractivity contribution in [2.75, 3.05) is 20.2 Å². The molecule has 24 heavy (non-hydrogen) atoms. The molecule has 1 aliphatic carbocycles. The lowest BCUT2D eigenvalue weighted by Crippen LogP contribution is -2.42. The fourth-order valence-corrected chi connectivity index (χ4v) is 3.03. The first-order valence-corrected chi connectivity index (χ1v) is 8.11. The van der Waals surface area contributed by atoms with Gasteiger partial charge in [0.15, 0.2) is 5.78 Å². The number of aryl methyl sites for hydroxylation is 1. The molecule has 6 nitrogen and oxygen atoms in total. The number of aromatic amines is 1. The van der Waals surface area contributed by atoms with Gasteiger partial charge in [0.1, 0.15) is 5.69 Å². The van der Waals surface area contributed by atoms with Crippen molar-refractivity contribution in [2.24, 2.45) is 5.92 Å². The van der Waals surface area contributed by atoms with E-state index in [4.69, 9.17) is 4.74 Å². The maximum Gasteiger partial charge on any atom is 0.354 e. The lowest BCUT2D eigenvalue weighted by atomic mass is 9.84. The molecule has 1 heterocycles. The smallest absolute Gasteiger partial charge is 0.354 e. The van der Waals surface area contributed by atoms with Gasteiger partial charge in [-0.1, -0.05) is 12.5 Å². The molecular weight excluding hydrogens is 308 g/mol. The Balaban J connectivity index is 2.20. The monoisotopic (exact) mass is 332 g/mol. The summed E-state index contributed by atoms with van der Waals surface area (Å²) in [7, 11) is 1.29. The topological polar surface area (TPSA) is 79.5 Å². The van der Waals surface area contributed by atoms with E-state index in [-0.39, 0.29) is 29.8 Å². The van der Waals surface area contributed by atoms with E-state index in [9.17, 15) is 14.4 Å². The highest BCUT2D eigenvalue weighted by Gasteiger charge is 2.31. The Labute approximate surface area is 141 Å². The number of carbonyl (C=O) groups excluding carboxylic acids is 3. The second-order valence-electron chi connectivity index (χ2n) is 6.18. The van der Waals surface area contributed by atoms with Crippen molar-refractivity contribution in [3.05, 3.63) is 35.2 Å². The van der Waals surface area contributed by atoms with Crippen LogP contribution in [0.3, 0.4) is 0 Å². The summed E-state index contributed by atoms with van der Waals surface area (Å²) in [6.45, 7) is 7.43. The van der Waals surface area contributed by atoms with Gasteiger partial charge >= 0.3 is 5.97 Å². The van der Waals surface area contributed by atoms with Crippen molar-refractivity contribution in [3.8, 4) is 0 Å². The normalized spacial score (nSPS) is 14.0. The largest absolute Gasteiger partial charge is 0.464 e. The van der Waals surface area contributed by atoms with Crippen molar-refractivity contribution in [1.29, 1.82) is 0 Å². The van der Waals surface area contributed by atoms with E-state index < -0.39 is 5.97 Å². The highest BCUT2D eigenvalue weighted by Crippen LogP contribution is 2.28. The molecule has 0 saturated heterocycles. The molecule has 130 valence electrons. The fourth-order valence-electron chi connectivity index (χ4n) is 3.03. The van der Waals surface area contributed by atoms with Crippen LogP contribution < -0.4 is 0 Å². The van der Waals surface area contributed by atoms with Crippen molar-refractivity contribution >= 4 is 17.7 Å². The van der Waals surface area contributed by atoms with Crippen molar-refractivity contribution < 1.29 is 19.1 Å². The molecule has 1 saturated carbocycles. The summed E-state index contributed by atoms with van der Waals surface area (Å²) >= 11 is 0. The Morgan fingerprint density at radius 3 is 2.50 bits per heavy atom. The lowest BCUT2D eigenvalue weighted by molar-refractivity contribution is -0.137. The van der Waals surface area contributed by atoms with E-state index in [0.717, 1.165) is 19.3 Å². The number of amides is 1. The van der Waals surface area contributed by atoms with Gasteiger partial charge in [0.25, 0.3) is 0 Å². The molecule has 0 atom stereocenters. The van der Waals surface area contributed by atoms with Gasteiger partial charge in [-0.3, -0.25) is 9.59 Å². The fraction of sp³-hybridized carbons (Fsp3) is 0.500. The third-order valence-corrected chi connectivity index (χ3v) is 4.56. The van der Waals surface area contributed by atoms with Gasteiger partial charge in [-0.25, -0.2) is 4.79 Å². The van der Waals surface area contributed by atoms with Gasteiger partial charge in [-0.05, 0) is 32.3 Å². The minimum absolute atomic E-state index is 0.00790. The third-order valence-electron chi connectivity index (χ3n) is 4.56. The molecule has 0 aliphatic heterocycles. The molecule has 1 aliphatic rings. The standard InChI is InChI=1S/C18H24N2O4/c1-5-9-20(17(22)13-7-6-8-13)10-14(21)15-11(2)16(18(23)24-4)19-12(15)3/h5,13,19H,1,6-10H2,2-4H3. The van der Waals surface area contributed by atoms with Crippen molar-refractivity contribution in [1.82, 2.24) is 9.88 Å². The molecular formula is C18H24N2O4. The number of rotatable bonds is 7. The number of ether oxygens (including phenoxy) is 1. The summed E-state index contributed by atoms with van der Waals surface area (Å²) in [6, 6.07) is 0. The Kier molecular flexibility index (Phi) is 5.59. The predicted molar refractivity (Wildman–Crippen MR) is 90.1 cm³/mol. The first kappa shape index (κ1) is 18.0. The van der Waals surface area contributed by atoms with E-state index in [1.807, 2.05) is 0 Å². The van der Waals surface area contributed by atoms with Crippen molar-refractivity contribution in [2.45, 2.75) is 33.1 Å². The van der Waals surface area contributed by atoms with Crippen LogP contribution in [0.1, 0.15) is 51.4 Å². The number of nitrogens with one attached hydrogen (secondary N) is 1. The Bertz CT molecular complexity index is 671. The molecule has 1 fully saturated rings. The highest BCUT2D eigenvalue weighted by molar-refractivity contribution is 6.04. The van der Waals surface area contributed by atoms with E-state index in [2.05, 4.69) is 11.6 Å². The molecule has 6 heteroatoms. The molecule has 1 aromatic rings. The van der Waals surface area contributed by atoms with E-state index in [1.165, 1.54) is 7.11 Å². The molecule has 0 spiro atoms. The maximum absolute atomic E-state index is 12.7. The maximum atomic E-state index is 12.7. The van der Waals surface area contributed by atoms with E-state index in [1.54, 1.807) is 24.8 Å². The number of aromatic nitrogens is 1. The summed E-state index contributed by atoms with van der Waals surface area (Å²) in [5.41, 5.74) is 1.89. The van der Waals surface area contributed by atoms with Crippen LogP contribution in [0, 0.1) is 19.8 Å². The quantitative estimate of drug-likeness (QED) is 0.472. The van der Waals surface area contributed by atoms with E-state index >= 15 is 0 Å². The average molecular weight is 332 g/mol. The number of nitrogens with zero attached hydrogens (tertiary/aromatic N) is 1. The first-order valence-electron chi connectivity index (χ1n) is 8.11. The van der Waals surface area contributed by atoms with Crippen LogP contribution in [0.25, 0.3) is 0 Å². The van der Waals surface area contributed by atoms with Gasteiger partial charge in [0.2, 0.25) is 5.91 Å². The molecule has 0 aromatic carbocycles. The van der Waals surface area contributed by atoms with Gasteiger partial charge < -0.3 is 14.6 Å². The lowest BCUT2D eigenvalue weighted by Gasteiger charge is -2.30. The number of methoxy groups -OCH3 is 1. The van der Waals surface area contributed by atoms with Crippen LogP contribution in [0.15, 0.2) is 12.7 Å². The molecule has 0 radical (unpaired) electrons. The Morgan fingerprint density at radius 2 is 2.00 bits per heavy atom. The zero-order valence-corrected chi connectivity index (χ0v) is 14.5. The molecule has 1 amide bonds. The molecule has 0 bridgehead atoms. The number of esters is 1. The van der Waals surface area contributed by atoms with Gasteiger partial charge in [0.05, 0.1) is 13.7 Å². The molecule has 0 unspecified atom stereocenters. The molecule has 2 rings (SSSR count). The van der Waals surface area contributed by atoms with Gasteiger partial charge in [-0.15, -0.1) is 6.58 Å². The number of hydrogen-bond acceptors (Lipinski definition) is 4. The second-order valence-corrected chi connectivity index (χ2v) is 6.18. The number of ketones is 1. The summed E-state index contributed by atoms with van der Waals surface area (Å²) in [4.78, 5) is 41.4. The number of H-pyrrole nitrogens is 1. The number of hydrogen-bond donors (Lipinski definition) is 1. The SMILES string of the molecule is C=CCN(CC(=O)c1c(C)[nH]c(C(=O)OC)c1C)C(=O)C1CCC1. The van der Waals surface area contributed by atoms with Crippen LogP contribution >= 0.6 is 0 Å². The molecule has 1 aromatic heterocycles. The van der Waals surface area contributed by atoms with Crippen LogP contribution in [0.2, 0.25) is 0 Å². The first-order chi connectivity index (χ1) is 11.4. The van der Waals surface area contributed by atoms with Crippen molar-refractivity contribution in [3.63, 3.8) is 0 Å². The second kappa shape index (κ2) is 7.47. The van der Waals surface area contributed by atoms with Crippen LogP contribution in [0.4, 0.5) is 0 Å². The Morgan fingerprint density at radius 1 is 1.33 bits per heavy atom. The van der Waals surface area contributed by atoms with Gasteiger partial charge in [0, 0.05) is 23.7 Å². The average Bonchev–Trinajstić information content (AvgIpc) is 2.79. The van der Waals surface area contributed by atoms with E-state index in [0.29, 0.717) is 23.4 Å². The zero-order chi connectivity index (χ0) is 17.9. The summed E-state index contributed by atoms with van der Waals surface area (Å²) in [6.07, 6.45) is 4.45. The third kappa shape index (κ3) is 3.42. The number of carbonyl (C=O) groups is 3. The minimum Gasteiger partial charge on any atom is -0.464 e. The summed E-state index contributed by atoms with van der Waals surface area (Å²) in [5, 5.41) is 0. The zero-order valence-electron chi connectivity index (χ0n) is 14.5. The summed E-state index contributed by atoms with van der Waals surface area (Å²) in [5.74, 6) is -0.667. The van der Waals surface area contributed by atoms with Crippen LogP contribution in [-0.2, 0) is 9.53 Å². The van der Waals surface area contributed by atoms with Gasteiger partial charge in [-0.2, -0.15) is 0 Å². The highest BCUT2D eigenvalue weighted by atomic mass is 16.5. The summed E-state index contributed by atoms with van der Waals surface area (Å²) < 4.78 is 4.72. The molecule has 1 N–H and O–H groups in total.